The van der Waals surface area contributed by atoms with Gasteiger partial charge >= 0.3 is 12.0 Å². The van der Waals surface area contributed by atoms with Crippen molar-refractivity contribution in [3.8, 4) is 0 Å². The molecule has 16 heavy (non-hydrogen) atoms. The van der Waals surface area contributed by atoms with Gasteiger partial charge in [-0.05, 0) is 6.92 Å². The van der Waals surface area contributed by atoms with E-state index in [1.54, 1.807) is 7.05 Å². The van der Waals surface area contributed by atoms with Crippen molar-refractivity contribution in [1.29, 1.82) is 0 Å². The smallest absolute Gasteiger partial charge is 0.325 e. The highest BCUT2D eigenvalue weighted by Crippen LogP contribution is 2.01. The number of carbonyl (C=O) groups is 3. The van der Waals surface area contributed by atoms with Crippen LogP contribution in [0.15, 0.2) is 0 Å². The summed E-state index contributed by atoms with van der Waals surface area (Å²) in [6.07, 6.45) is 0. The number of piperazine rings is 1. The molecule has 2 N–H and O–H groups in total. The molecule has 90 valence electrons. The van der Waals surface area contributed by atoms with Gasteiger partial charge in [-0.15, -0.1) is 0 Å². The van der Waals surface area contributed by atoms with E-state index in [2.05, 4.69) is 5.32 Å². The van der Waals surface area contributed by atoms with E-state index < -0.39 is 18.0 Å². The van der Waals surface area contributed by atoms with E-state index in [0.717, 1.165) is 0 Å². The van der Waals surface area contributed by atoms with Crippen molar-refractivity contribution in [2.75, 3.05) is 26.7 Å². The molecule has 1 fully saturated rings. The number of carboxylic acids is 1. The standard InChI is InChI=1S/C9H15N3O4/c1-6(8(14)15)10-9(16)12-4-3-11(2)7(13)5-12/h6H,3-5H2,1-2H3,(H,10,16)(H,14,15)/t6-/m1/s1. The molecule has 1 aliphatic heterocycles. The molecule has 1 atom stereocenters. The van der Waals surface area contributed by atoms with Gasteiger partial charge in [0.2, 0.25) is 5.91 Å². The normalized spacial score (nSPS) is 18.2. The van der Waals surface area contributed by atoms with E-state index in [1.165, 1.54) is 16.7 Å². The summed E-state index contributed by atoms with van der Waals surface area (Å²) in [6, 6.07) is -1.47. The number of carboxylic acid groups (broad SMARTS) is 1. The average Bonchev–Trinajstić information content (AvgIpc) is 2.21. The molecule has 0 radical (unpaired) electrons. The summed E-state index contributed by atoms with van der Waals surface area (Å²) in [7, 11) is 1.66. The molecule has 0 aliphatic carbocycles. The Morgan fingerprint density at radius 1 is 1.44 bits per heavy atom. The van der Waals surface area contributed by atoms with Crippen LogP contribution in [0.5, 0.6) is 0 Å². The second-order valence-electron chi connectivity index (χ2n) is 3.75. The first kappa shape index (κ1) is 12.3. The molecule has 0 spiro atoms. The summed E-state index contributed by atoms with van der Waals surface area (Å²) in [5.74, 6) is -1.25. The number of rotatable bonds is 2. The molecule has 1 heterocycles. The fourth-order valence-electron chi connectivity index (χ4n) is 1.27. The summed E-state index contributed by atoms with van der Waals surface area (Å²) in [5.41, 5.74) is 0. The monoisotopic (exact) mass is 229 g/mol. The van der Waals surface area contributed by atoms with Gasteiger partial charge in [0, 0.05) is 20.1 Å². The van der Waals surface area contributed by atoms with E-state index in [0.29, 0.717) is 13.1 Å². The first-order chi connectivity index (χ1) is 7.41. The molecule has 0 aromatic rings. The Kier molecular flexibility index (Phi) is 3.70. The topological polar surface area (TPSA) is 90.0 Å². The van der Waals surface area contributed by atoms with Crippen molar-refractivity contribution in [2.24, 2.45) is 0 Å². The van der Waals surface area contributed by atoms with Gasteiger partial charge in [-0.25, -0.2) is 4.79 Å². The van der Waals surface area contributed by atoms with Crippen molar-refractivity contribution in [3.05, 3.63) is 0 Å². The summed E-state index contributed by atoms with van der Waals surface area (Å²) < 4.78 is 0. The number of nitrogens with zero attached hydrogens (tertiary/aromatic N) is 2. The maximum atomic E-state index is 11.5. The van der Waals surface area contributed by atoms with E-state index >= 15 is 0 Å². The number of amides is 3. The highest BCUT2D eigenvalue weighted by Gasteiger charge is 2.26. The Balaban J connectivity index is 2.49. The fraction of sp³-hybridized carbons (Fsp3) is 0.667. The SMILES string of the molecule is C[C@@H](NC(=O)N1CCN(C)C(=O)C1)C(=O)O. The number of hydrogen-bond acceptors (Lipinski definition) is 3. The zero-order valence-corrected chi connectivity index (χ0v) is 9.27. The van der Waals surface area contributed by atoms with Crippen molar-refractivity contribution in [1.82, 2.24) is 15.1 Å². The van der Waals surface area contributed by atoms with E-state index in [9.17, 15) is 14.4 Å². The molecular weight excluding hydrogens is 214 g/mol. The quantitative estimate of drug-likeness (QED) is 0.631. The van der Waals surface area contributed by atoms with Gasteiger partial charge in [-0.1, -0.05) is 0 Å². The fourth-order valence-corrected chi connectivity index (χ4v) is 1.27. The average molecular weight is 229 g/mol. The lowest BCUT2D eigenvalue weighted by molar-refractivity contribution is -0.138. The number of likely N-dealkylation sites (N-methyl/N-ethyl adjacent to an activating group) is 1. The molecule has 7 heteroatoms. The highest BCUT2D eigenvalue weighted by atomic mass is 16.4. The minimum absolute atomic E-state index is 0.00529. The Morgan fingerprint density at radius 3 is 2.56 bits per heavy atom. The summed E-state index contributed by atoms with van der Waals surface area (Å²) >= 11 is 0. The molecule has 0 aromatic carbocycles. The largest absolute Gasteiger partial charge is 0.480 e. The van der Waals surface area contributed by atoms with Crippen LogP contribution in [0.3, 0.4) is 0 Å². The van der Waals surface area contributed by atoms with Crippen LogP contribution >= 0.6 is 0 Å². The van der Waals surface area contributed by atoms with Crippen LogP contribution < -0.4 is 5.32 Å². The van der Waals surface area contributed by atoms with Crippen LogP contribution in [-0.2, 0) is 9.59 Å². The predicted molar refractivity (Wildman–Crippen MR) is 54.8 cm³/mol. The first-order valence-electron chi connectivity index (χ1n) is 4.94. The van der Waals surface area contributed by atoms with Crippen LogP contribution in [0.2, 0.25) is 0 Å². The third kappa shape index (κ3) is 2.85. The molecule has 1 saturated heterocycles. The molecule has 0 saturated carbocycles. The van der Waals surface area contributed by atoms with Gasteiger partial charge in [-0.3, -0.25) is 9.59 Å². The molecular formula is C9H15N3O4. The number of urea groups is 1. The van der Waals surface area contributed by atoms with Crippen molar-refractivity contribution >= 4 is 17.9 Å². The van der Waals surface area contributed by atoms with Gasteiger partial charge in [0.15, 0.2) is 0 Å². The molecule has 0 bridgehead atoms. The highest BCUT2D eigenvalue weighted by molar-refractivity contribution is 5.87. The first-order valence-corrected chi connectivity index (χ1v) is 4.94. The van der Waals surface area contributed by atoms with Gasteiger partial charge in [0.05, 0.1) is 0 Å². The molecule has 3 amide bonds. The van der Waals surface area contributed by atoms with Crippen LogP contribution in [-0.4, -0.2) is 65.5 Å². The minimum Gasteiger partial charge on any atom is -0.480 e. The maximum Gasteiger partial charge on any atom is 0.325 e. The van der Waals surface area contributed by atoms with Gasteiger partial charge < -0.3 is 20.2 Å². The Morgan fingerprint density at radius 2 is 2.06 bits per heavy atom. The predicted octanol–water partition coefficient (Wildman–Crippen LogP) is -1.06. The van der Waals surface area contributed by atoms with Crippen LogP contribution in [0, 0.1) is 0 Å². The lowest BCUT2D eigenvalue weighted by Gasteiger charge is -2.32. The molecule has 1 aliphatic rings. The summed E-state index contributed by atoms with van der Waals surface area (Å²) in [6.45, 7) is 2.25. The Labute approximate surface area is 93.0 Å². The number of nitrogens with one attached hydrogen (secondary N) is 1. The van der Waals surface area contributed by atoms with Crippen molar-refractivity contribution in [3.63, 3.8) is 0 Å². The zero-order valence-electron chi connectivity index (χ0n) is 9.27. The molecule has 7 nitrogen and oxygen atoms in total. The van der Waals surface area contributed by atoms with E-state index in [1.807, 2.05) is 0 Å². The minimum atomic E-state index is -1.10. The van der Waals surface area contributed by atoms with Gasteiger partial charge in [0.25, 0.3) is 0 Å². The van der Waals surface area contributed by atoms with Crippen LogP contribution in [0.4, 0.5) is 4.79 Å². The van der Waals surface area contributed by atoms with Gasteiger partial charge in [-0.2, -0.15) is 0 Å². The molecule has 1 rings (SSSR count). The number of hydrogen-bond donors (Lipinski definition) is 2. The molecule has 0 aromatic heterocycles. The van der Waals surface area contributed by atoms with Crippen molar-refractivity contribution < 1.29 is 19.5 Å². The number of aliphatic carboxylic acids is 1. The van der Waals surface area contributed by atoms with Crippen LogP contribution in [0.1, 0.15) is 6.92 Å². The van der Waals surface area contributed by atoms with E-state index in [-0.39, 0.29) is 12.5 Å². The third-order valence-electron chi connectivity index (χ3n) is 2.45. The zero-order chi connectivity index (χ0) is 12.3. The Hall–Kier alpha value is -1.79. The summed E-state index contributed by atoms with van der Waals surface area (Å²) in [4.78, 5) is 36.2. The Bertz CT molecular complexity index is 318. The second-order valence-corrected chi connectivity index (χ2v) is 3.75. The second kappa shape index (κ2) is 4.82. The summed E-state index contributed by atoms with van der Waals surface area (Å²) in [5, 5.41) is 10.9. The lowest BCUT2D eigenvalue weighted by Crippen LogP contribution is -2.55. The number of carbonyl (C=O) groups excluding carboxylic acids is 2. The maximum absolute atomic E-state index is 11.5. The third-order valence-corrected chi connectivity index (χ3v) is 2.45. The molecule has 0 unspecified atom stereocenters. The van der Waals surface area contributed by atoms with Gasteiger partial charge in [0.1, 0.15) is 12.6 Å². The van der Waals surface area contributed by atoms with Crippen molar-refractivity contribution in [2.45, 2.75) is 13.0 Å². The van der Waals surface area contributed by atoms with Crippen LogP contribution in [0.25, 0.3) is 0 Å². The van der Waals surface area contributed by atoms with E-state index in [4.69, 9.17) is 5.11 Å². The lowest BCUT2D eigenvalue weighted by atomic mass is 10.3.